The lowest BCUT2D eigenvalue weighted by Crippen LogP contribution is -2.42. The molecule has 1 saturated heterocycles. The third-order valence-corrected chi connectivity index (χ3v) is 4.69. The smallest absolute Gasteiger partial charge is 0.410 e. The van der Waals surface area contributed by atoms with Gasteiger partial charge in [0.2, 0.25) is 0 Å². The molecule has 1 aliphatic heterocycles. The number of nitrogens with one attached hydrogen (secondary N) is 1. The number of amides is 2. The van der Waals surface area contributed by atoms with E-state index in [-0.39, 0.29) is 12.0 Å². The Morgan fingerprint density at radius 1 is 1.08 bits per heavy atom. The van der Waals surface area contributed by atoms with Crippen molar-refractivity contribution in [2.75, 3.05) is 19.6 Å². The highest BCUT2D eigenvalue weighted by Gasteiger charge is 2.24. The van der Waals surface area contributed by atoms with Crippen LogP contribution in [-0.4, -0.2) is 36.5 Å². The number of piperidine rings is 1. The summed E-state index contributed by atoms with van der Waals surface area (Å²) in [5.41, 5.74) is 0.557. The molecule has 0 aliphatic carbocycles. The molecule has 0 radical (unpaired) electrons. The van der Waals surface area contributed by atoms with E-state index in [4.69, 9.17) is 16.3 Å². The highest BCUT2D eigenvalue weighted by molar-refractivity contribution is 6.30. The third kappa shape index (κ3) is 4.99. The van der Waals surface area contributed by atoms with Crippen molar-refractivity contribution in [3.05, 3.63) is 65.2 Å². The van der Waals surface area contributed by atoms with Crippen molar-refractivity contribution in [1.29, 1.82) is 0 Å². The summed E-state index contributed by atoms with van der Waals surface area (Å²) in [5, 5.41) is 3.49. The monoisotopic (exact) mass is 372 g/mol. The van der Waals surface area contributed by atoms with Gasteiger partial charge < -0.3 is 15.0 Å². The lowest BCUT2D eigenvalue weighted by Gasteiger charge is -2.31. The van der Waals surface area contributed by atoms with Gasteiger partial charge in [-0.2, -0.15) is 0 Å². The summed E-state index contributed by atoms with van der Waals surface area (Å²) >= 11 is 5.91. The van der Waals surface area contributed by atoms with Gasteiger partial charge in [-0.1, -0.05) is 35.9 Å². The van der Waals surface area contributed by atoms with Gasteiger partial charge >= 0.3 is 6.09 Å². The number of carbonyl (C=O) groups is 2. The zero-order chi connectivity index (χ0) is 18.4. The maximum Gasteiger partial charge on any atom is 0.415 e. The van der Waals surface area contributed by atoms with Crippen molar-refractivity contribution in [2.24, 2.45) is 5.92 Å². The summed E-state index contributed by atoms with van der Waals surface area (Å²) in [4.78, 5) is 26.1. The zero-order valence-electron chi connectivity index (χ0n) is 14.4. The Hall–Kier alpha value is -2.53. The number of benzene rings is 2. The predicted octanol–water partition coefficient (Wildman–Crippen LogP) is 3.98. The van der Waals surface area contributed by atoms with Gasteiger partial charge in [-0.3, -0.25) is 4.79 Å². The van der Waals surface area contributed by atoms with Crippen LogP contribution in [0.15, 0.2) is 54.6 Å². The highest BCUT2D eigenvalue weighted by atomic mass is 35.5. The second-order valence-electron chi connectivity index (χ2n) is 6.33. The maximum absolute atomic E-state index is 12.2. The van der Waals surface area contributed by atoms with Crippen LogP contribution in [0.1, 0.15) is 23.2 Å². The first-order valence-electron chi connectivity index (χ1n) is 8.67. The van der Waals surface area contributed by atoms with E-state index in [1.54, 1.807) is 41.3 Å². The molecule has 136 valence electrons. The molecule has 0 unspecified atom stereocenters. The molecule has 3 rings (SSSR count). The minimum Gasteiger partial charge on any atom is -0.410 e. The van der Waals surface area contributed by atoms with Gasteiger partial charge in [0.15, 0.2) is 0 Å². The number of ether oxygens (including phenoxy) is 1. The van der Waals surface area contributed by atoms with Crippen molar-refractivity contribution in [3.63, 3.8) is 0 Å². The SMILES string of the molecule is O=C(NCC1CCN(C(=O)Oc2ccccc2)CC1)c1cccc(Cl)c1. The largest absolute Gasteiger partial charge is 0.415 e. The van der Waals surface area contributed by atoms with Crippen LogP contribution in [0.2, 0.25) is 5.02 Å². The molecule has 5 nitrogen and oxygen atoms in total. The number of rotatable bonds is 4. The summed E-state index contributed by atoms with van der Waals surface area (Å²) in [6.45, 7) is 1.85. The molecular weight excluding hydrogens is 352 g/mol. The van der Waals surface area contributed by atoms with E-state index in [0.717, 1.165) is 12.8 Å². The van der Waals surface area contributed by atoms with Crippen molar-refractivity contribution in [1.82, 2.24) is 10.2 Å². The second-order valence-corrected chi connectivity index (χ2v) is 6.77. The van der Waals surface area contributed by atoms with Gasteiger partial charge in [0.05, 0.1) is 0 Å². The van der Waals surface area contributed by atoms with Crippen LogP contribution in [0.25, 0.3) is 0 Å². The van der Waals surface area contributed by atoms with Gasteiger partial charge in [-0.05, 0) is 49.1 Å². The summed E-state index contributed by atoms with van der Waals surface area (Å²) in [6.07, 6.45) is 1.34. The summed E-state index contributed by atoms with van der Waals surface area (Å²) in [6, 6.07) is 15.9. The van der Waals surface area contributed by atoms with Crippen molar-refractivity contribution < 1.29 is 14.3 Å². The first-order valence-corrected chi connectivity index (χ1v) is 9.05. The van der Waals surface area contributed by atoms with Gasteiger partial charge in [-0.15, -0.1) is 0 Å². The van der Waals surface area contributed by atoms with Crippen molar-refractivity contribution >= 4 is 23.6 Å². The molecule has 0 bridgehead atoms. The van der Waals surface area contributed by atoms with E-state index in [9.17, 15) is 9.59 Å². The minimum atomic E-state index is -0.322. The van der Waals surface area contributed by atoms with E-state index in [2.05, 4.69) is 5.32 Å². The van der Waals surface area contributed by atoms with Crippen molar-refractivity contribution in [2.45, 2.75) is 12.8 Å². The predicted molar refractivity (Wildman–Crippen MR) is 101 cm³/mol. The molecule has 0 saturated carbocycles. The van der Waals surface area contributed by atoms with E-state index < -0.39 is 0 Å². The normalized spacial score (nSPS) is 14.7. The molecule has 1 aliphatic rings. The first-order chi connectivity index (χ1) is 12.6. The molecule has 26 heavy (non-hydrogen) atoms. The van der Waals surface area contributed by atoms with Gasteiger partial charge in [0.25, 0.3) is 5.91 Å². The topological polar surface area (TPSA) is 58.6 Å². The average Bonchev–Trinajstić information content (AvgIpc) is 2.67. The summed E-state index contributed by atoms with van der Waals surface area (Å²) in [7, 11) is 0. The third-order valence-electron chi connectivity index (χ3n) is 4.46. The lowest BCUT2D eigenvalue weighted by molar-refractivity contribution is 0.0931. The number of hydrogen-bond donors (Lipinski definition) is 1. The van der Waals surface area contributed by atoms with Crippen LogP contribution in [0.3, 0.4) is 0 Å². The molecule has 2 aromatic carbocycles. The van der Waals surface area contributed by atoms with Gasteiger partial charge in [-0.25, -0.2) is 4.79 Å². The zero-order valence-corrected chi connectivity index (χ0v) is 15.1. The van der Waals surface area contributed by atoms with E-state index >= 15 is 0 Å². The Kier molecular flexibility index (Phi) is 6.12. The summed E-state index contributed by atoms with van der Waals surface area (Å²) in [5.74, 6) is 0.769. The molecule has 1 N–H and O–H groups in total. The molecular formula is C20H21ClN2O3. The quantitative estimate of drug-likeness (QED) is 0.883. The van der Waals surface area contributed by atoms with Crippen LogP contribution in [-0.2, 0) is 0 Å². The van der Waals surface area contributed by atoms with Crippen LogP contribution in [0.4, 0.5) is 4.79 Å². The van der Waals surface area contributed by atoms with E-state index in [1.807, 2.05) is 18.2 Å². The number of nitrogens with zero attached hydrogens (tertiary/aromatic N) is 1. The Labute approximate surface area is 157 Å². The molecule has 0 aromatic heterocycles. The van der Waals surface area contributed by atoms with Crippen LogP contribution < -0.4 is 10.1 Å². The fourth-order valence-corrected chi connectivity index (χ4v) is 3.13. The average molecular weight is 373 g/mol. The van der Waals surface area contributed by atoms with Crippen LogP contribution in [0.5, 0.6) is 5.75 Å². The Balaban J connectivity index is 1.42. The second kappa shape index (κ2) is 8.72. The van der Waals surface area contributed by atoms with Crippen LogP contribution in [0, 0.1) is 5.92 Å². The molecule has 1 fully saturated rings. The number of carbonyl (C=O) groups excluding carboxylic acids is 2. The van der Waals surface area contributed by atoms with E-state index in [0.29, 0.717) is 41.9 Å². The minimum absolute atomic E-state index is 0.126. The molecule has 2 amide bonds. The number of halogens is 1. The fourth-order valence-electron chi connectivity index (χ4n) is 2.94. The van der Waals surface area contributed by atoms with Crippen LogP contribution >= 0.6 is 11.6 Å². The maximum atomic E-state index is 12.2. The Bertz CT molecular complexity index is 759. The number of para-hydroxylation sites is 1. The Morgan fingerprint density at radius 3 is 2.50 bits per heavy atom. The van der Waals surface area contributed by atoms with E-state index in [1.165, 1.54) is 0 Å². The highest BCUT2D eigenvalue weighted by Crippen LogP contribution is 2.19. The molecule has 0 atom stereocenters. The number of hydrogen-bond acceptors (Lipinski definition) is 3. The molecule has 1 heterocycles. The summed E-state index contributed by atoms with van der Waals surface area (Å²) < 4.78 is 5.36. The lowest BCUT2D eigenvalue weighted by atomic mass is 9.97. The molecule has 6 heteroatoms. The van der Waals surface area contributed by atoms with Crippen molar-refractivity contribution in [3.8, 4) is 5.75 Å². The fraction of sp³-hybridized carbons (Fsp3) is 0.300. The molecule has 2 aromatic rings. The Morgan fingerprint density at radius 2 is 1.81 bits per heavy atom. The van der Waals surface area contributed by atoms with Gasteiger partial charge in [0, 0.05) is 30.2 Å². The first kappa shape index (κ1) is 18.3. The molecule has 0 spiro atoms. The standard InChI is InChI=1S/C20H21ClN2O3/c21-17-6-4-5-16(13-17)19(24)22-14-15-9-11-23(12-10-15)20(25)26-18-7-2-1-3-8-18/h1-8,13,15H,9-12,14H2,(H,22,24). The number of likely N-dealkylation sites (tertiary alicyclic amines) is 1. The van der Waals surface area contributed by atoms with Gasteiger partial charge in [0.1, 0.15) is 5.75 Å².